The van der Waals surface area contributed by atoms with Crippen molar-refractivity contribution in [2.75, 3.05) is 5.73 Å². The highest BCUT2D eigenvalue weighted by molar-refractivity contribution is 6.02. The topological polar surface area (TPSA) is 134 Å². The predicted molar refractivity (Wildman–Crippen MR) is 160 cm³/mol. The fourth-order valence-corrected chi connectivity index (χ4v) is 4.75. The quantitative estimate of drug-likeness (QED) is 0.287. The fraction of sp³-hybridized carbons (Fsp3) is 0.258. The lowest BCUT2D eigenvalue weighted by Crippen LogP contribution is -2.24. The number of aromatic nitrogens is 4. The zero-order chi connectivity index (χ0) is 28.6. The van der Waals surface area contributed by atoms with Crippen molar-refractivity contribution in [1.82, 2.24) is 19.3 Å². The minimum atomic E-state index is -0.646. The number of allylic oxidation sites excluding steroid dienone is 1. The number of nitrogens with two attached hydrogens (primary N) is 2. The number of rotatable bonds is 5. The van der Waals surface area contributed by atoms with E-state index in [0.29, 0.717) is 23.5 Å². The number of aryl methyl sites for hydroxylation is 2. The molecule has 2 aromatic carbocycles. The van der Waals surface area contributed by atoms with Crippen LogP contribution in [-0.4, -0.2) is 31.5 Å². The van der Waals surface area contributed by atoms with Gasteiger partial charge in [-0.25, -0.2) is 14.7 Å². The number of nitrogen functional groups attached to an aromatic ring is 1. The summed E-state index contributed by atoms with van der Waals surface area (Å²) in [5, 5.41) is 4.45. The molecule has 1 aliphatic carbocycles. The Hall–Kier alpha value is -4.97. The Bertz CT molecular complexity index is 1680. The Labute approximate surface area is 233 Å². The van der Waals surface area contributed by atoms with Gasteiger partial charge in [0.05, 0.1) is 16.6 Å². The Morgan fingerprint density at radius 1 is 1.18 bits per heavy atom. The van der Waals surface area contributed by atoms with E-state index in [-0.39, 0.29) is 16.9 Å². The first-order valence-corrected chi connectivity index (χ1v) is 13.2. The van der Waals surface area contributed by atoms with Gasteiger partial charge >= 0.3 is 0 Å². The number of hydrogen-bond acceptors (Lipinski definition) is 6. The van der Waals surface area contributed by atoms with E-state index in [4.69, 9.17) is 16.5 Å². The van der Waals surface area contributed by atoms with E-state index in [0.717, 1.165) is 22.6 Å². The summed E-state index contributed by atoms with van der Waals surface area (Å²) in [6.07, 6.45) is 8.47. The van der Waals surface area contributed by atoms with E-state index in [1.165, 1.54) is 42.7 Å². The Morgan fingerprint density at radius 3 is 2.55 bits per heavy atom. The molecule has 0 saturated heterocycles. The van der Waals surface area contributed by atoms with E-state index in [2.05, 4.69) is 28.5 Å². The van der Waals surface area contributed by atoms with Crippen molar-refractivity contribution < 1.29 is 4.79 Å². The molecule has 4 N–H and O–H groups in total. The van der Waals surface area contributed by atoms with Gasteiger partial charge in [0.25, 0.3) is 11.5 Å². The first-order valence-electron chi connectivity index (χ1n) is 13.2. The summed E-state index contributed by atoms with van der Waals surface area (Å²) in [6.45, 7) is 5.48. The molecule has 0 radical (unpaired) electrons. The first-order chi connectivity index (χ1) is 19.3. The molecule has 204 valence electrons. The Balaban J connectivity index is 0.000000224. The van der Waals surface area contributed by atoms with Gasteiger partial charge in [-0.3, -0.25) is 14.2 Å². The van der Waals surface area contributed by atoms with Gasteiger partial charge in [0.2, 0.25) is 0 Å². The average Bonchev–Trinajstić information content (AvgIpc) is 3.58. The average molecular weight is 536 g/mol. The van der Waals surface area contributed by atoms with Gasteiger partial charge in [0.15, 0.2) is 11.6 Å². The molecule has 0 aliphatic heterocycles. The highest BCUT2D eigenvalue weighted by Crippen LogP contribution is 2.24. The maximum Gasteiger partial charge on any atom is 0.267 e. The summed E-state index contributed by atoms with van der Waals surface area (Å²) >= 11 is 0. The smallest absolute Gasteiger partial charge is 0.267 e. The van der Waals surface area contributed by atoms with Gasteiger partial charge in [0.1, 0.15) is 11.4 Å². The van der Waals surface area contributed by atoms with Crippen molar-refractivity contribution in [2.24, 2.45) is 23.7 Å². The normalized spacial score (nSPS) is 13.1. The lowest BCUT2D eigenvalue weighted by atomic mass is 10.1. The summed E-state index contributed by atoms with van der Waals surface area (Å²) in [4.78, 5) is 33.1. The van der Waals surface area contributed by atoms with Crippen LogP contribution in [0.5, 0.6) is 0 Å². The third-order valence-electron chi connectivity index (χ3n) is 6.66. The van der Waals surface area contributed by atoms with Gasteiger partial charge in [0, 0.05) is 31.2 Å². The number of aliphatic imine (C=N–C) groups is 1. The van der Waals surface area contributed by atoms with Gasteiger partial charge in [-0.2, -0.15) is 5.10 Å². The van der Waals surface area contributed by atoms with Crippen LogP contribution >= 0.6 is 0 Å². The summed E-state index contributed by atoms with van der Waals surface area (Å²) < 4.78 is 3.11. The summed E-state index contributed by atoms with van der Waals surface area (Å²) in [7, 11) is 1.62. The van der Waals surface area contributed by atoms with Crippen LogP contribution in [0.15, 0.2) is 71.0 Å². The van der Waals surface area contributed by atoms with Crippen molar-refractivity contribution in [1.29, 1.82) is 0 Å². The Morgan fingerprint density at radius 2 is 1.90 bits per heavy atom. The molecule has 0 spiro atoms. The second kappa shape index (κ2) is 12.7. The van der Waals surface area contributed by atoms with Crippen LogP contribution in [-0.2, 0) is 13.5 Å². The molecule has 1 saturated carbocycles. The first kappa shape index (κ1) is 28.0. The minimum absolute atomic E-state index is 0.0330. The highest BCUT2D eigenvalue weighted by Gasteiger charge is 2.18. The zero-order valence-electron chi connectivity index (χ0n) is 22.8. The second-order valence-corrected chi connectivity index (χ2v) is 9.39. The molecule has 40 heavy (non-hydrogen) atoms. The summed E-state index contributed by atoms with van der Waals surface area (Å²) in [6, 6.07) is 15.5. The molecule has 1 amide bonds. The highest BCUT2D eigenvalue weighted by atomic mass is 16.1. The van der Waals surface area contributed by atoms with Crippen LogP contribution in [0, 0.1) is 17.8 Å². The molecule has 2 heterocycles. The Kier molecular flexibility index (Phi) is 8.92. The van der Waals surface area contributed by atoms with E-state index in [1.54, 1.807) is 11.6 Å². The molecule has 5 rings (SSSR count). The zero-order valence-corrected chi connectivity index (χ0v) is 22.8. The van der Waals surface area contributed by atoms with Crippen LogP contribution < -0.4 is 17.0 Å². The number of carbonyl (C=O) groups is 1. The number of carbonyl (C=O) groups excluding carboxylic acids is 1. The molecular weight excluding hydrogens is 502 g/mol. The molecule has 9 nitrogen and oxygen atoms in total. The number of nitrogens with zero attached hydrogens (tertiary/aromatic N) is 5. The van der Waals surface area contributed by atoms with Crippen molar-refractivity contribution in [3.8, 4) is 17.5 Å². The molecule has 0 unspecified atom stereocenters. The third kappa shape index (κ3) is 6.02. The number of anilines is 1. The molecule has 1 aliphatic rings. The third-order valence-corrected chi connectivity index (χ3v) is 6.66. The SMILES string of the molecule is C=C/C=N\c1c(C(N)=O)c(N)nn1C.CCc1nc2cccc(C#CC3CCCC3)c2c(=O)n1-c1ccccc1. The van der Waals surface area contributed by atoms with Crippen molar-refractivity contribution in [3.63, 3.8) is 0 Å². The summed E-state index contributed by atoms with van der Waals surface area (Å²) in [5.41, 5.74) is 13.1. The molecule has 9 heteroatoms. The number of hydrogen-bond donors (Lipinski definition) is 2. The number of para-hydroxylation sites is 1. The fourth-order valence-electron chi connectivity index (χ4n) is 4.75. The van der Waals surface area contributed by atoms with Gasteiger partial charge < -0.3 is 11.5 Å². The molecule has 0 bridgehead atoms. The number of benzene rings is 2. The van der Waals surface area contributed by atoms with E-state index in [1.807, 2.05) is 55.5 Å². The van der Waals surface area contributed by atoms with Crippen molar-refractivity contribution in [2.45, 2.75) is 39.0 Å². The van der Waals surface area contributed by atoms with Crippen molar-refractivity contribution >= 4 is 34.7 Å². The van der Waals surface area contributed by atoms with Crippen LogP contribution in [0.2, 0.25) is 0 Å². The van der Waals surface area contributed by atoms with Crippen LogP contribution in [0.3, 0.4) is 0 Å². The molecule has 1 fully saturated rings. The lowest BCUT2D eigenvalue weighted by Gasteiger charge is -2.13. The van der Waals surface area contributed by atoms with Gasteiger partial charge in [-0.05, 0) is 37.1 Å². The maximum absolute atomic E-state index is 13.4. The number of primary amides is 1. The second-order valence-electron chi connectivity index (χ2n) is 9.39. The standard InChI is InChI=1S/C23H22N2O.C8H11N5O/c1-2-21-24-20-14-8-11-18(16-15-17-9-6-7-10-17)22(20)23(26)25(21)19-12-4-3-5-13-19;1-3-4-11-8-5(7(10)14)6(9)12-13(8)2/h3-5,8,11-14,17H,2,6-7,9-10H2,1H3;3-4H,1H2,2H3,(H2,9,12)(H2,10,14)/b;11-4-. The minimum Gasteiger partial charge on any atom is -0.381 e. The molecular formula is C31H33N7O2. The maximum atomic E-state index is 13.4. The molecule has 4 aromatic rings. The van der Waals surface area contributed by atoms with Gasteiger partial charge in [-0.1, -0.05) is 68.5 Å². The van der Waals surface area contributed by atoms with E-state index in [9.17, 15) is 9.59 Å². The number of fused-ring (bicyclic) bond motifs is 1. The summed E-state index contributed by atoms with van der Waals surface area (Å²) in [5.74, 6) is 7.66. The monoisotopic (exact) mass is 535 g/mol. The van der Waals surface area contributed by atoms with Crippen LogP contribution in [0.25, 0.3) is 16.6 Å². The number of amides is 1. The molecule has 0 atom stereocenters. The van der Waals surface area contributed by atoms with Gasteiger partial charge in [-0.15, -0.1) is 0 Å². The largest absolute Gasteiger partial charge is 0.381 e. The van der Waals surface area contributed by atoms with E-state index < -0.39 is 5.91 Å². The molecule has 2 aromatic heterocycles. The van der Waals surface area contributed by atoms with E-state index >= 15 is 0 Å². The lowest BCUT2D eigenvalue weighted by molar-refractivity contribution is 0.100. The van der Waals surface area contributed by atoms with Crippen LogP contribution in [0.4, 0.5) is 11.6 Å². The van der Waals surface area contributed by atoms with Crippen molar-refractivity contribution in [3.05, 3.63) is 88.5 Å². The van der Waals surface area contributed by atoms with Crippen LogP contribution in [0.1, 0.15) is 54.4 Å². The predicted octanol–water partition coefficient (Wildman–Crippen LogP) is 4.48.